The number of nitrogens with zero attached hydrogens (tertiary/aromatic N) is 1. The van der Waals surface area contributed by atoms with Crippen molar-refractivity contribution in [1.29, 1.82) is 0 Å². The van der Waals surface area contributed by atoms with E-state index in [9.17, 15) is 4.79 Å². The molecule has 1 heterocycles. The highest BCUT2D eigenvalue weighted by molar-refractivity contribution is 9.11. The van der Waals surface area contributed by atoms with Crippen LogP contribution in [-0.4, -0.2) is 17.3 Å². The first-order valence-electron chi connectivity index (χ1n) is 7.70. The van der Waals surface area contributed by atoms with Gasteiger partial charge < -0.3 is 4.74 Å². The Hall–Kier alpha value is -1.15. The second-order valence-corrected chi connectivity index (χ2v) is 9.26. The Morgan fingerprint density at radius 2 is 1.92 bits per heavy atom. The number of carbonyl (C=O) groups is 1. The fourth-order valence-corrected chi connectivity index (χ4v) is 5.47. The first-order chi connectivity index (χ1) is 12.3. The van der Waals surface area contributed by atoms with Gasteiger partial charge in [-0.1, -0.05) is 57.6 Å². The molecule has 1 amide bonds. The molecule has 1 saturated heterocycles. The monoisotopic (exact) mass is 511 g/mol. The van der Waals surface area contributed by atoms with E-state index >= 15 is 0 Å². The van der Waals surface area contributed by atoms with Crippen molar-refractivity contribution in [2.75, 3.05) is 12.0 Å². The number of ether oxygens (including phenoxy) is 1. The molecule has 1 fully saturated rings. The molecule has 0 atom stereocenters. The lowest BCUT2D eigenvalue weighted by molar-refractivity contribution is -0.113. The maximum Gasteiger partial charge on any atom is 0.270 e. The predicted octanol–water partition coefficient (Wildman–Crippen LogP) is 6.24. The zero-order valence-electron chi connectivity index (χ0n) is 14.3. The molecule has 1 aliphatic heterocycles. The third-order valence-electron chi connectivity index (χ3n) is 3.91. The number of aryl methyl sites for hydroxylation is 2. The van der Waals surface area contributed by atoms with Crippen LogP contribution in [-0.2, 0) is 4.79 Å². The normalized spacial score (nSPS) is 15.9. The van der Waals surface area contributed by atoms with Gasteiger partial charge in [0.2, 0.25) is 0 Å². The molecule has 0 spiro atoms. The Balaban J connectivity index is 2.03. The average Bonchev–Trinajstić information content (AvgIpc) is 2.82. The first-order valence-corrected chi connectivity index (χ1v) is 10.5. The van der Waals surface area contributed by atoms with Crippen LogP contribution in [0.15, 0.2) is 44.2 Å². The quantitative estimate of drug-likeness (QED) is 0.359. The second kappa shape index (κ2) is 7.84. The first kappa shape index (κ1) is 19.6. The van der Waals surface area contributed by atoms with Crippen LogP contribution in [0.2, 0.25) is 0 Å². The van der Waals surface area contributed by atoms with Crippen LogP contribution in [0.25, 0.3) is 6.08 Å². The van der Waals surface area contributed by atoms with Crippen LogP contribution < -0.4 is 9.64 Å². The smallest absolute Gasteiger partial charge is 0.270 e. The number of halogens is 2. The number of methoxy groups -OCH3 is 1. The second-order valence-electron chi connectivity index (χ2n) is 5.82. The zero-order chi connectivity index (χ0) is 19.0. The molecule has 1 aliphatic rings. The third-order valence-corrected chi connectivity index (χ3v) is 6.26. The number of amides is 1. The lowest BCUT2D eigenvalue weighted by Crippen LogP contribution is -2.28. The Morgan fingerprint density at radius 3 is 2.58 bits per heavy atom. The summed E-state index contributed by atoms with van der Waals surface area (Å²) in [7, 11) is 1.60. The third kappa shape index (κ3) is 3.76. The molecular formula is C19H15Br2NO2S2. The summed E-state index contributed by atoms with van der Waals surface area (Å²) < 4.78 is 7.70. The molecule has 0 aromatic heterocycles. The number of benzene rings is 2. The van der Waals surface area contributed by atoms with Gasteiger partial charge in [-0.2, -0.15) is 0 Å². The van der Waals surface area contributed by atoms with Crippen molar-refractivity contribution in [3.8, 4) is 5.75 Å². The summed E-state index contributed by atoms with van der Waals surface area (Å²) >= 11 is 13.7. The number of hydrogen-bond donors (Lipinski definition) is 0. The lowest BCUT2D eigenvalue weighted by Gasteiger charge is -2.17. The van der Waals surface area contributed by atoms with Crippen molar-refractivity contribution in [2.45, 2.75) is 13.8 Å². The molecule has 3 rings (SSSR count). The van der Waals surface area contributed by atoms with Crippen molar-refractivity contribution in [3.63, 3.8) is 0 Å². The van der Waals surface area contributed by atoms with Gasteiger partial charge in [-0.3, -0.25) is 9.69 Å². The van der Waals surface area contributed by atoms with Crippen molar-refractivity contribution in [2.24, 2.45) is 0 Å². The minimum atomic E-state index is -0.120. The van der Waals surface area contributed by atoms with E-state index < -0.39 is 0 Å². The topological polar surface area (TPSA) is 29.5 Å². The van der Waals surface area contributed by atoms with Crippen LogP contribution in [0.3, 0.4) is 0 Å². The molecular weight excluding hydrogens is 498 g/mol. The number of rotatable bonds is 3. The van der Waals surface area contributed by atoms with Gasteiger partial charge in [0.05, 0.1) is 22.2 Å². The van der Waals surface area contributed by atoms with Crippen LogP contribution in [0.4, 0.5) is 5.69 Å². The van der Waals surface area contributed by atoms with Gasteiger partial charge in [0.25, 0.3) is 5.91 Å². The lowest BCUT2D eigenvalue weighted by atomic mass is 10.1. The van der Waals surface area contributed by atoms with Gasteiger partial charge in [-0.15, -0.1) is 0 Å². The number of hydrogen-bond acceptors (Lipinski definition) is 4. The number of thiocarbonyl (C=S) groups is 1. The Morgan fingerprint density at radius 1 is 1.19 bits per heavy atom. The molecule has 134 valence electrons. The molecule has 0 bridgehead atoms. The van der Waals surface area contributed by atoms with E-state index in [-0.39, 0.29) is 5.91 Å². The molecule has 2 aromatic rings. The summed E-state index contributed by atoms with van der Waals surface area (Å²) in [6, 6.07) is 9.78. The van der Waals surface area contributed by atoms with Crippen molar-refractivity contribution < 1.29 is 9.53 Å². The summed E-state index contributed by atoms with van der Waals surface area (Å²) in [5.74, 6) is 0.551. The van der Waals surface area contributed by atoms with Gasteiger partial charge in [0.15, 0.2) is 4.32 Å². The van der Waals surface area contributed by atoms with E-state index in [2.05, 4.69) is 31.9 Å². The standard InChI is InChI=1S/C19H15Br2NO2S2/c1-10-4-5-15(11(2)6-10)22-18(23)16(26-19(22)25)8-12-7-13(20)9-14(21)17(12)24-3/h4-9H,1-3H3/b16-8-. The van der Waals surface area contributed by atoms with Crippen LogP contribution in [0, 0.1) is 13.8 Å². The minimum Gasteiger partial charge on any atom is -0.495 e. The van der Waals surface area contributed by atoms with E-state index in [1.165, 1.54) is 11.8 Å². The predicted molar refractivity (Wildman–Crippen MR) is 120 cm³/mol. The molecule has 26 heavy (non-hydrogen) atoms. The van der Waals surface area contributed by atoms with E-state index in [4.69, 9.17) is 17.0 Å². The van der Waals surface area contributed by atoms with Crippen molar-refractivity contribution in [3.05, 3.63) is 60.9 Å². The highest BCUT2D eigenvalue weighted by Crippen LogP contribution is 2.40. The molecule has 0 aliphatic carbocycles. The number of anilines is 1. The molecule has 0 unspecified atom stereocenters. The summed E-state index contributed by atoms with van der Waals surface area (Å²) in [6.07, 6.45) is 1.82. The van der Waals surface area contributed by atoms with Gasteiger partial charge in [-0.25, -0.2) is 0 Å². The van der Waals surface area contributed by atoms with Gasteiger partial charge in [0.1, 0.15) is 5.75 Å². The molecule has 3 nitrogen and oxygen atoms in total. The molecule has 2 aromatic carbocycles. The van der Waals surface area contributed by atoms with E-state index in [0.29, 0.717) is 15.0 Å². The van der Waals surface area contributed by atoms with Crippen LogP contribution >= 0.6 is 55.8 Å². The highest BCUT2D eigenvalue weighted by Gasteiger charge is 2.34. The van der Waals surface area contributed by atoms with Gasteiger partial charge >= 0.3 is 0 Å². The largest absolute Gasteiger partial charge is 0.495 e. The fourth-order valence-electron chi connectivity index (χ4n) is 2.78. The minimum absolute atomic E-state index is 0.120. The molecule has 0 saturated carbocycles. The summed E-state index contributed by atoms with van der Waals surface area (Å²) in [6.45, 7) is 4.01. The maximum absolute atomic E-state index is 13.0. The Labute approximate surface area is 179 Å². The van der Waals surface area contributed by atoms with Crippen LogP contribution in [0.5, 0.6) is 5.75 Å². The van der Waals surface area contributed by atoms with Gasteiger partial charge in [0, 0.05) is 10.0 Å². The Bertz CT molecular complexity index is 957. The van der Waals surface area contributed by atoms with Crippen LogP contribution in [0.1, 0.15) is 16.7 Å². The summed E-state index contributed by atoms with van der Waals surface area (Å²) in [4.78, 5) is 15.2. The Kier molecular flexibility index (Phi) is 5.91. The van der Waals surface area contributed by atoms with Gasteiger partial charge in [-0.05, 0) is 59.6 Å². The highest BCUT2D eigenvalue weighted by atomic mass is 79.9. The molecule has 0 N–H and O–H groups in total. The summed E-state index contributed by atoms with van der Waals surface area (Å²) in [5, 5.41) is 0. The van der Waals surface area contributed by atoms with E-state index in [1.54, 1.807) is 12.0 Å². The number of carbonyl (C=O) groups excluding carboxylic acids is 1. The maximum atomic E-state index is 13.0. The van der Waals surface area contributed by atoms with E-state index in [1.807, 2.05) is 50.3 Å². The van der Waals surface area contributed by atoms with E-state index in [0.717, 1.165) is 31.3 Å². The van der Waals surface area contributed by atoms with Crippen molar-refractivity contribution in [1.82, 2.24) is 0 Å². The summed E-state index contributed by atoms with van der Waals surface area (Å²) in [5.41, 5.74) is 3.79. The fraction of sp³-hybridized carbons (Fsp3) is 0.158. The SMILES string of the molecule is COc1c(Br)cc(Br)cc1/C=C1\SC(=S)N(c2ccc(C)cc2C)C1=O. The average molecular weight is 513 g/mol. The number of thioether (sulfide) groups is 1. The zero-order valence-corrected chi connectivity index (χ0v) is 19.1. The van der Waals surface area contributed by atoms with Crippen molar-refractivity contribution >= 4 is 77.8 Å². The molecule has 0 radical (unpaired) electrons. The molecule has 7 heteroatoms.